The first-order chi connectivity index (χ1) is 9.91. The van der Waals surface area contributed by atoms with Gasteiger partial charge in [-0.25, -0.2) is 4.79 Å². The molecule has 0 spiro atoms. The molecular formula is C11H11N3O7. The molecule has 0 atom stereocenters. The Bertz CT molecular complexity index is 610. The van der Waals surface area contributed by atoms with Gasteiger partial charge in [0.15, 0.2) is 0 Å². The van der Waals surface area contributed by atoms with Crippen LogP contribution in [0.15, 0.2) is 12.1 Å². The third-order valence-corrected chi connectivity index (χ3v) is 3.07. The topological polar surface area (TPSA) is 136 Å². The fourth-order valence-corrected chi connectivity index (χ4v) is 2.09. The van der Waals surface area contributed by atoms with Crippen LogP contribution in [-0.4, -0.2) is 47.2 Å². The second-order valence-electron chi connectivity index (χ2n) is 4.28. The van der Waals surface area contributed by atoms with Crippen LogP contribution in [0.2, 0.25) is 0 Å². The maximum absolute atomic E-state index is 11.1. The highest BCUT2D eigenvalue weighted by Gasteiger charge is 2.30. The molecule has 1 aromatic carbocycles. The van der Waals surface area contributed by atoms with Crippen molar-refractivity contribution in [2.24, 2.45) is 0 Å². The lowest BCUT2D eigenvalue weighted by atomic mass is 10.1. The molecule has 0 radical (unpaired) electrons. The zero-order valence-electron chi connectivity index (χ0n) is 10.7. The summed E-state index contributed by atoms with van der Waals surface area (Å²) in [6.45, 7) is 1.38. The van der Waals surface area contributed by atoms with E-state index in [0.717, 1.165) is 6.07 Å². The highest BCUT2D eigenvalue weighted by Crippen LogP contribution is 2.35. The molecule has 1 aromatic rings. The molecule has 0 amide bonds. The van der Waals surface area contributed by atoms with Gasteiger partial charge < -0.3 is 14.7 Å². The van der Waals surface area contributed by atoms with E-state index in [1.54, 1.807) is 4.90 Å². The predicted octanol–water partition coefficient (Wildman–Crippen LogP) is 1.04. The molecule has 21 heavy (non-hydrogen) atoms. The molecule has 1 aliphatic heterocycles. The molecule has 0 aromatic heterocycles. The number of morpholine rings is 1. The van der Waals surface area contributed by atoms with Gasteiger partial charge in [0.25, 0.3) is 11.4 Å². The second kappa shape index (κ2) is 5.71. The zero-order chi connectivity index (χ0) is 15.6. The Morgan fingerprint density at radius 3 is 2.19 bits per heavy atom. The van der Waals surface area contributed by atoms with Gasteiger partial charge in [-0.3, -0.25) is 20.2 Å². The first kappa shape index (κ1) is 14.7. The van der Waals surface area contributed by atoms with E-state index < -0.39 is 32.8 Å². The van der Waals surface area contributed by atoms with Crippen molar-refractivity contribution in [3.05, 3.63) is 37.9 Å². The molecule has 10 nitrogen and oxygen atoms in total. The average molecular weight is 297 g/mol. The van der Waals surface area contributed by atoms with E-state index in [-0.39, 0.29) is 5.69 Å². The number of carbonyl (C=O) groups is 1. The SMILES string of the molecule is O=C(O)c1cc(N2CCOCC2)c([N+](=O)[O-])cc1[N+](=O)[O-]. The number of hydrogen-bond acceptors (Lipinski definition) is 7. The summed E-state index contributed by atoms with van der Waals surface area (Å²) in [6.07, 6.45) is 0. The molecule has 0 saturated carbocycles. The van der Waals surface area contributed by atoms with Gasteiger partial charge in [-0.15, -0.1) is 0 Å². The molecule has 2 rings (SSSR count). The van der Waals surface area contributed by atoms with Crippen molar-refractivity contribution in [1.82, 2.24) is 0 Å². The molecule has 1 saturated heterocycles. The summed E-state index contributed by atoms with van der Waals surface area (Å²) < 4.78 is 5.13. The summed E-state index contributed by atoms with van der Waals surface area (Å²) in [5.41, 5.74) is -1.82. The van der Waals surface area contributed by atoms with Crippen LogP contribution in [0.25, 0.3) is 0 Å². The van der Waals surface area contributed by atoms with E-state index in [1.807, 2.05) is 0 Å². The number of ether oxygens (including phenoxy) is 1. The van der Waals surface area contributed by atoms with Gasteiger partial charge in [0.1, 0.15) is 11.3 Å². The van der Waals surface area contributed by atoms with Gasteiger partial charge in [-0.1, -0.05) is 0 Å². The summed E-state index contributed by atoms with van der Waals surface area (Å²) in [4.78, 5) is 33.0. The van der Waals surface area contributed by atoms with E-state index >= 15 is 0 Å². The Morgan fingerprint density at radius 1 is 1.14 bits per heavy atom. The normalized spacial score (nSPS) is 14.8. The van der Waals surface area contributed by atoms with Crippen LogP contribution in [0, 0.1) is 20.2 Å². The maximum Gasteiger partial charge on any atom is 0.342 e. The first-order valence-electron chi connectivity index (χ1n) is 5.94. The van der Waals surface area contributed by atoms with Crippen molar-refractivity contribution in [2.45, 2.75) is 0 Å². The van der Waals surface area contributed by atoms with Gasteiger partial charge in [-0.2, -0.15) is 0 Å². The van der Waals surface area contributed by atoms with Crippen molar-refractivity contribution < 1.29 is 24.5 Å². The summed E-state index contributed by atoms with van der Waals surface area (Å²) in [5.74, 6) is -1.51. The first-order valence-corrected chi connectivity index (χ1v) is 5.94. The number of nitrogens with zero attached hydrogens (tertiary/aromatic N) is 3. The number of carboxylic acids is 1. The quantitative estimate of drug-likeness (QED) is 0.642. The van der Waals surface area contributed by atoms with Crippen LogP contribution < -0.4 is 4.90 Å². The number of nitro groups is 2. The molecule has 1 aliphatic rings. The average Bonchev–Trinajstić information content (AvgIpc) is 2.46. The minimum atomic E-state index is -1.51. The molecule has 0 aliphatic carbocycles. The third-order valence-electron chi connectivity index (χ3n) is 3.07. The molecule has 112 valence electrons. The Hall–Kier alpha value is -2.75. The largest absolute Gasteiger partial charge is 0.477 e. The van der Waals surface area contributed by atoms with Crippen LogP contribution >= 0.6 is 0 Å². The third kappa shape index (κ3) is 2.89. The lowest BCUT2D eigenvalue weighted by Crippen LogP contribution is -2.36. The van der Waals surface area contributed by atoms with E-state index in [0.29, 0.717) is 32.4 Å². The lowest BCUT2D eigenvalue weighted by molar-refractivity contribution is -0.393. The molecule has 1 heterocycles. The Morgan fingerprint density at radius 2 is 1.71 bits per heavy atom. The molecule has 10 heteroatoms. The van der Waals surface area contributed by atoms with Crippen molar-refractivity contribution >= 4 is 23.0 Å². The van der Waals surface area contributed by atoms with E-state index in [4.69, 9.17) is 9.84 Å². The number of aromatic carboxylic acids is 1. The van der Waals surface area contributed by atoms with Crippen LogP contribution in [0.3, 0.4) is 0 Å². The number of carboxylic acid groups (broad SMARTS) is 1. The van der Waals surface area contributed by atoms with Crippen LogP contribution in [0.1, 0.15) is 10.4 Å². The van der Waals surface area contributed by atoms with Crippen LogP contribution in [0.5, 0.6) is 0 Å². The van der Waals surface area contributed by atoms with Crippen LogP contribution in [-0.2, 0) is 4.74 Å². The number of anilines is 1. The minimum absolute atomic E-state index is 0.0475. The predicted molar refractivity (Wildman–Crippen MR) is 69.7 cm³/mol. The standard InChI is InChI=1S/C11H11N3O7/c15-11(16)7-5-9(12-1-3-21-4-2-12)10(14(19)20)6-8(7)13(17)18/h5-6H,1-4H2,(H,15,16). The zero-order valence-corrected chi connectivity index (χ0v) is 10.7. The molecule has 0 bridgehead atoms. The minimum Gasteiger partial charge on any atom is -0.477 e. The number of benzene rings is 1. The lowest BCUT2D eigenvalue weighted by Gasteiger charge is -2.28. The summed E-state index contributed by atoms with van der Waals surface area (Å²) in [5, 5.41) is 31.0. The Balaban J connectivity index is 2.61. The van der Waals surface area contributed by atoms with Gasteiger partial charge in [0.2, 0.25) is 0 Å². The van der Waals surface area contributed by atoms with Crippen molar-refractivity contribution in [1.29, 1.82) is 0 Å². The monoisotopic (exact) mass is 297 g/mol. The number of rotatable bonds is 4. The summed E-state index contributed by atoms with van der Waals surface area (Å²) in [6, 6.07) is 1.66. The Kier molecular flexibility index (Phi) is 3.98. The number of hydrogen-bond donors (Lipinski definition) is 1. The van der Waals surface area contributed by atoms with Gasteiger partial charge in [0, 0.05) is 13.1 Å². The summed E-state index contributed by atoms with van der Waals surface area (Å²) >= 11 is 0. The maximum atomic E-state index is 11.1. The van der Waals surface area contributed by atoms with E-state index in [9.17, 15) is 25.0 Å². The highest BCUT2D eigenvalue weighted by molar-refractivity contribution is 5.95. The summed E-state index contributed by atoms with van der Waals surface area (Å²) in [7, 11) is 0. The molecule has 0 unspecified atom stereocenters. The molecule has 1 N–H and O–H groups in total. The van der Waals surface area contributed by atoms with E-state index in [1.165, 1.54) is 0 Å². The van der Waals surface area contributed by atoms with E-state index in [2.05, 4.69) is 0 Å². The van der Waals surface area contributed by atoms with Crippen molar-refractivity contribution in [3.8, 4) is 0 Å². The van der Waals surface area contributed by atoms with Gasteiger partial charge in [0.05, 0.1) is 29.1 Å². The van der Waals surface area contributed by atoms with Gasteiger partial charge >= 0.3 is 5.97 Å². The second-order valence-corrected chi connectivity index (χ2v) is 4.28. The van der Waals surface area contributed by atoms with Crippen LogP contribution in [0.4, 0.5) is 17.1 Å². The molecular weight excluding hydrogens is 286 g/mol. The Labute approximate surface area is 117 Å². The van der Waals surface area contributed by atoms with Crippen molar-refractivity contribution in [3.63, 3.8) is 0 Å². The van der Waals surface area contributed by atoms with Gasteiger partial charge in [-0.05, 0) is 6.07 Å². The molecule has 1 fully saturated rings. The fourth-order valence-electron chi connectivity index (χ4n) is 2.09. The number of nitro benzene ring substituents is 2. The highest BCUT2D eigenvalue weighted by atomic mass is 16.6. The fraction of sp³-hybridized carbons (Fsp3) is 0.364. The van der Waals surface area contributed by atoms with Crippen molar-refractivity contribution in [2.75, 3.05) is 31.2 Å². The smallest absolute Gasteiger partial charge is 0.342 e.